The van der Waals surface area contributed by atoms with Crippen molar-refractivity contribution in [3.05, 3.63) is 44.7 Å². The molecule has 0 aliphatic heterocycles. The van der Waals surface area contributed by atoms with Crippen molar-refractivity contribution >= 4 is 34.8 Å². The molecular weight excluding hydrogens is 542 g/mol. The molecule has 3 aliphatic rings. The predicted molar refractivity (Wildman–Crippen MR) is 147 cm³/mol. The van der Waals surface area contributed by atoms with Crippen molar-refractivity contribution in [3.8, 4) is 5.75 Å². The highest BCUT2D eigenvalue weighted by Gasteiger charge is 2.64. The quantitative estimate of drug-likeness (QED) is 0.285. The van der Waals surface area contributed by atoms with Gasteiger partial charge in [-0.1, -0.05) is 11.6 Å². The number of carbonyl (C=O) groups excluding carboxylic acids is 3. The third-order valence-corrected chi connectivity index (χ3v) is 8.56. The van der Waals surface area contributed by atoms with Crippen LogP contribution >= 0.6 is 11.6 Å². The highest BCUT2D eigenvalue weighted by atomic mass is 35.5. The minimum atomic E-state index is -2.68. The topological polar surface area (TPSA) is 174 Å². The third-order valence-electron chi connectivity index (χ3n) is 8.09. The van der Waals surface area contributed by atoms with Gasteiger partial charge in [0.05, 0.1) is 24.3 Å². The Morgan fingerprint density at radius 2 is 1.88 bits per heavy atom. The van der Waals surface area contributed by atoms with Gasteiger partial charge in [0, 0.05) is 29.6 Å². The van der Waals surface area contributed by atoms with Crippen molar-refractivity contribution < 1.29 is 39.5 Å². The van der Waals surface area contributed by atoms with Crippen LogP contribution in [0.4, 0.5) is 0 Å². The van der Waals surface area contributed by atoms with Crippen molar-refractivity contribution in [1.29, 1.82) is 0 Å². The van der Waals surface area contributed by atoms with Gasteiger partial charge in [-0.25, -0.2) is 0 Å². The number of benzene rings is 1. The summed E-state index contributed by atoms with van der Waals surface area (Å²) in [6.07, 6.45) is 0.227. The Hall–Kier alpha value is -2.96. The third kappa shape index (κ3) is 4.69. The summed E-state index contributed by atoms with van der Waals surface area (Å²) in [7, 11) is 4.99. The van der Waals surface area contributed by atoms with Gasteiger partial charge in [0.1, 0.15) is 22.8 Å². The lowest BCUT2D eigenvalue weighted by Crippen LogP contribution is -2.65. The van der Waals surface area contributed by atoms with Gasteiger partial charge < -0.3 is 30.9 Å². The molecule has 0 saturated heterocycles. The molecular formula is C28H36ClN3O8. The van der Waals surface area contributed by atoms with E-state index in [-0.39, 0.29) is 35.8 Å². The highest BCUT2D eigenvalue weighted by Crippen LogP contribution is 2.53. The maximum Gasteiger partial charge on any atom is 0.255 e. The summed E-state index contributed by atoms with van der Waals surface area (Å²) in [5.74, 6) is -6.95. The molecule has 11 nitrogen and oxygen atoms in total. The van der Waals surface area contributed by atoms with Crippen molar-refractivity contribution in [2.45, 2.75) is 51.0 Å². The molecule has 0 radical (unpaired) electrons. The van der Waals surface area contributed by atoms with Crippen LogP contribution in [0, 0.1) is 11.8 Å². The lowest BCUT2D eigenvalue weighted by atomic mass is 9.57. The lowest BCUT2D eigenvalue weighted by molar-refractivity contribution is -0.153. The Kier molecular flexibility index (Phi) is 8.09. The zero-order valence-electron chi connectivity index (χ0n) is 23.2. The zero-order valence-corrected chi connectivity index (χ0v) is 23.9. The Morgan fingerprint density at radius 1 is 1.23 bits per heavy atom. The van der Waals surface area contributed by atoms with Gasteiger partial charge in [-0.3, -0.25) is 24.2 Å². The molecule has 0 aromatic heterocycles. The van der Waals surface area contributed by atoms with E-state index in [2.05, 4.69) is 0 Å². The molecule has 1 saturated carbocycles. The van der Waals surface area contributed by atoms with Gasteiger partial charge in [0.25, 0.3) is 5.91 Å². The number of ether oxygens (including phenoxy) is 1. The molecule has 1 aromatic carbocycles. The summed E-state index contributed by atoms with van der Waals surface area (Å²) in [6.45, 7) is 5.40. The minimum absolute atomic E-state index is 0.000472. The predicted octanol–water partition coefficient (Wildman–Crippen LogP) is 1.47. The van der Waals surface area contributed by atoms with Gasteiger partial charge in [0.15, 0.2) is 11.4 Å². The molecule has 4 rings (SSSR count). The second-order valence-corrected chi connectivity index (χ2v) is 11.7. The van der Waals surface area contributed by atoms with E-state index in [4.69, 9.17) is 22.1 Å². The number of aliphatic hydroxyl groups is 3. The number of nitrogens with zero attached hydrogens (tertiary/aromatic N) is 2. The number of likely N-dealkylation sites (N-methyl/N-ethyl adjacent to an activating group) is 2. The fourth-order valence-electron chi connectivity index (χ4n) is 6.28. The van der Waals surface area contributed by atoms with E-state index in [1.54, 1.807) is 14.1 Å². The number of primary amides is 1. The number of fused-ring (bicyclic) bond motifs is 3. The Labute approximate surface area is 237 Å². The number of rotatable bonds is 8. The monoisotopic (exact) mass is 577 g/mol. The summed E-state index contributed by atoms with van der Waals surface area (Å²) in [5, 5.41) is 45.1. The van der Waals surface area contributed by atoms with E-state index < -0.39 is 58.0 Å². The SMILES string of the molecule is CC(C)OCCN(C)Cc1cc(O)c2c(c1Cl)C[C@H]1C[C@H]3[C@H](N(C)C)C(=O)C(C(N)=O)=C(O)[C@@]3(O)C(=O)C1=C2O. The maximum absolute atomic E-state index is 13.9. The largest absolute Gasteiger partial charge is 0.508 e. The number of hydrogen-bond acceptors (Lipinski definition) is 10. The number of carbonyl (C=O) groups is 3. The molecule has 40 heavy (non-hydrogen) atoms. The zero-order chi connectivity index (χ0) is 29.8. The van der Waals surface area contributed by atoms with Gasteiger partial charge >= 0.3 is 0 Å². The summed E-state index contributed by atoms with van der Waals surface area (Å²) in [6, 6.07) is 0.279. The molecule has 0 spiro atoms. The fraction of sp³-hybridized carbons (Fsp3) is 0.536. The number of amides is 1. The first-order chi connectivity index (χ1) is 18.6. The van der Waals surface area contributed by atoms with Crippen molar-refractivity contribution in [2.75, 3.05) is 34.3 Å². The fourth-order valence-corrected chi connectivity index (χ4v) is 6.56. The summed E-state index contributed by atoms with van der Waals surface area (Å²) in [4.78, 5) is 42.6. The number of hydrogen-bond donors (Lipinski definition) is 5. The minimum Gasteiger partial charge on any atom is -0.508 e. The molecule has 6 N–H and O–H groups in total. The number of aliphatic hydroxyl groups excluding tert-OH is 2. The van der Waals surface area contributed by atoms with E-state index in [1.165, 1.54) is 11.0 Å². The second-order valence-electron chi connectivity index (χ2n) is 11.3. The number of halogens is 1. The molecule has 12 heteroatoms. The Balaban J connectivity index is 1.79. The van der Waals surface area contributed by atoms with E-state index in [0.717, 1.165) is 0 Å². The number of ketones is 2. The highest BCUT2D eigenvalue weighted by molar-refractivity contribution is 6.32. The number of phenols is 1. The molecule has 4 atom stereocenters. The van der Waals surface area contributed by atoms with Gasteiger partial charge in [-0.2, -0.15) is 0 Å². The van der Waals surface area contributed by atoms with Crippen LogP contribution < -0.4 is 5.73 Å². The Morgan fingerprint density at radius 3 is 2.45 bits per heavy atom. The standard InChI is InChI=1S/C28H36ClN3O8/c1-12(2)40-7-6-32(5)11-14-10-17(33)19-15(21(14)29)8-13-9-16-22(31(3)4)24(35)20(27(30)38)26(37)28(16,39)25(36)18(13)23(19)34/h10,12-13,16,22,33-34,37,39H,6-9,11H2,1-5H3,(H2,30,38)/t13-,16-,22-,28-/m0/s1. The Bertz CT molecular complexity index is 1340. The number of phenolic OH excluding ortho intramolecular Hbond substituents is 1. The van der Waals surface area contributed by atoms with Crippen molar-refractivity contribution in [2.24, 2.45) is 17.6 Å². The molecule has 0 unspecified atom stereocenters. The van der Waals surface area contributed by atoms with Crippen LogP contribution in [-0.2, 0) is 32.1 Å². The van der Waals surface area contributed by atoms with E-state index >= 15 is 0 Å². The van der Waals surface area contributed by atoms with Crippen LogP contribution in [0.15, 0.2) is 23.0 Å². The lowest BCUT2D eigenvalue weighted by Gasteiger charge is -2.50. The molecule has 1 fully saturated rings. The molecule has 1 amide bonds. The van der Waals surface area contributed by atoms with Crippen LogP contribution in [0.1, 0.15) is 37.0 Å². The second kappa shape index (κ2) is 10.8. The summed E-state index contributed by atoms with van der Waals surface area (Å²) in [5.41, 5.74) is 2.63. The molecule has 0 bridgehead atoms. The average Bonchev–Trinajstić information content (AvgIpc) is 2.83. The van der Waals surface area contributed by atoms with Crippen molar-refractivity contribution in [3.63, 3.8) is 0 Å². The summed E-state index contributed by atoms with van der Waals surface area (Å²) < 4.78 is 5.60. The van der Waals surface area contributed by atoms with Crippen LogP contribution in [0.3, 0.4) is 0 Å². The van der Waals surface area contributed by atoms with Crippen LogP contribution in [0.25, 0.3) is 5.76 Å². The maximum atomic E-state index is 13.9. The first-order valence-electron chi connectivity index (χ1n) is 13.1. The van der Waals surface area contributed by atoms with E-state index in [9.17, 15) is 34.8 Å². The van der Waals surface area contributed by atoms with E-state index in [0.29, 0.717) is 35.8 Å². The molecule has 1 aromatic rings. The van der Waals surface area contributed by atoms with Crippen molar-refractivity contribution in [1.82, 2.24) is 9.80 Å². The van der Waals surface area contributed by atoms with Gasteiger partial charge in [0.2, 0.25) is 5.78 Å². The number of nitrogens with two attached hydrogens (primary N) is 1. The molecule has 0 heterocycles. The first-order valence-corrected chi connectivity index (χ1v) is 13.5. The van der Waals surface area contributed by atoms with Gasteiger partial charge in [-0.15, -0.1) is 0 Å². The summed E-state index contributed by atoms with van der Waals surface area (Å²) >= 11 is 6.81. The van der Waals surface area contributed by atoms with Crippen LogP contribution in [-0.4, -0.2) is 99.7 Å². The normalized spacial score (nSPS) is 26.5. The van der Waals surface area contributed by atoms with Gasteiger partial charge in [-0.05, 0) is 70.9 Å². The van der Waals surface area contributed by atoms with Crippen LogP contribution in [0.5, 0.6) is 5.75 Å². The number of Topliss-reactive ketones (excluding diaryl/α,β-unsaturated/α-hetero) is 2. The van der Waals surface area contributed by atoms with Crippen LogP contribution in [0.2, 0.25) is 5.02 Å². The first kappa shape index (κ1) is 30.0. The van der Waals surface area contributed by atoms with E-state index in [1.807, 2.05) is 25.8 Å². The molecule has 3 aliphatic carbocycles. The molecule has 218 valence electrons. The number of aromatic hydroxyl groups is 1. The smallest absolute Gasteiger partial charge is 0.255 e. The average molecular weight is 578 g/mol.